The van der Waals surface area contributed by atoms with Crippen LogP contribution in [0.4, 0.5) is 0 Å². The van der Waals surface area contributed by atoms with Gasteiger partial charge in [0.25, 0.3) is 0 Å². The van der Waals surface area contributed by atoms with Crippen molar-refractivity contribution >= 4 is 11.6 Å². The van der Waals surface area contributed by atoms with Crippen molar-refractivity contribution in [3.63, 3.8) is 0 Å². The topological polar surface area (TPSA) is 47.3 Å². The van der Waals surface area contributed by atoms with Gasteiger partial charge in [-0.1, -0.05) is 29.7 Å². The smallest absolute Gasteiger partial charge is 0.124 e. The number of hydrazine groups is 1. The second kappa shape index (κ2) is 6.94. The number of nitrogens with one attached hydrogen (secondary N) is 1. The Kier molecular flexibility index (Phi) is 5.25. The molecule has 0 fully saturated rings. The molecule has 3 N–H and O–H groups in total. The van der Waals surface area contributed by atoms with E-state index in [9.17, 15) is 0 Å². The highest BCUT2D eigenvalue weighted by Crippen LogP contribution is 2.35. The molecule has 19 heavy (non-hydrogen) atoms. The summed E-state index contributed by atoms with van der Waals surface area (Å²) in [5, 5.41) is 0.699. The predicted molar refractivity (Wildman–Crippen MR) is 79.2 cm³/mol. The van der Waals surface area contributed by atoms with E-state index in [0.717, 1.165) is 24.2 Å². The number of methoxy groups -OCH3 is 1. The molecule has 1 aromatic carbocycles. The summed E-state index contributed by atoms with van der Waals surface area (Å²) in [5.41, 5.74) is 5.25. The zero-order chi connectivity index (χ0) is 13.7. The minimum Gasteiger partial charge on any atom is -0.496 e. The largest absolute Gasteiger partial charge is 0.496 e. The summed E-state index contributed by atoms with van der Waals surface area (Å²) < 4.78 is 5.42. The van der Waals surface area contributed by atoms with Crippen molar-refractivity contribution in [3.05, 3.63) is 40.4 Å². The molecule has 0 spiro atoms. The van der Waals surface area contributed by atoms with Gasteiger partial charge in [0.15, 0.2) is 0 Å². The van der Waals surface area contributed by atoms with Crippen molar-refractivity contribution in [3.8, 4) is 5.75 Å². The average molecular weight is 281 g/mol. The van der Waals surface area contributed by atoms with Gasteiger partial charge in [-0.3, -0.25) is 5.84 Å². The Labute approximate surface area is 119 Å². The van der Waals surface area contributed by atoms with Gasteiger partial charge in [-0.05, 0) is 43.9 Å². The molecular formula is C15H21ClN2O. The number of allylic oxidation sites excluding steroid dienone is 1. The summed E-state index contributed by atoms with van der Waals surface area (Å²) in [4.78, 5) is 0. The lowest BCUT2D eigenvalue weighted by Gasteiger charge is -2.22. The quantitative estimate of drug-likeness (QED) is 0.502. The standard InChI is InChI=1S/C15H21ClN2O/c1-19-14-9-8-12(16)10-13(14)15(18-17)11-6-4-2-3-5-7-11/h6,8-10,15,18H,2-5,7,17H2,1H3. The second-order valence-corrected chi connectivity index (χ2v) is 5.30. The predicted octanol–water partition coefficient (Wildman–Crippen LogP) is 3.74. The first-order valence-electron chi connectivity index (χ1n) is 6.74. The lowest BCUT2D eigenvalue weighted by atomic mass is 9.95. The fraction of sp³-hybridized carbons (Fsp3) is 0.467. The van der Waals surface area contributed by atoms with Crippen molar-refractivity contribution in [1.29, 1.82) is 0 Å². The Balaban J connectivity index is 2.35. The third-order valence-electron chi connectivity index (χ3n) is 3.62. The molecule has 4 heteroatoms. The zero-order valence-corrected chi connectivity index (χ0v) is 12.0. The SMILES string of the molecule is COc1ccc(Cl)cc1C(NN)C1=CCCCCC1. The van der Waals surface area contributed by atoms with Crippen molar-refractivity contribution in [2.45, 2.75) is 38.1 Å². The number of hydrogen-bond donors (Lipinski definition) is 2. The minimum absolute atomic E-state index is 0.0215. The van der Waals surface area contributed by atoms with Crippen LogP contribution >= 0.6 is 11.6 Å². The molecule has 0 aromatic heterocycles. The Morgan fingerprint density at radius 1 is 1.32 bits per heavy atom. The summed E-state index contributed by atoms with van der Waals surface area (Å²) in [6.07, 6.45) is 8.25. The Morgan fingerprint density at radius 3 is 2.89 bits per heavy atom. The van der Waals surface area contributed by atoms with Crippen LogP contribution in [0.25, 0.3) is 0 Å². The Bertz CT molecular complexity index is 459. The fourth-order valence-corrected chi connectivity index (χ4v) is 2.81. The molecule has 104 valence electrons. The lowest BCUT2D eigenvalue weighted by Crippen LogP contribution is -2.29. The second-order valence-electron chi connectivity index (χ2n) is 4.86. The highest BCUT2D eigenvalue weighted by atomic mass is 35.5. The van der Waals surface area contributed by atoms with Gasteiger partial charge in [-0.15, -0.1) is 0 Å². The molecule has 0 amide bonds. The van der Waals surface area contributed by atoms with E-state index < -0.39 is 0 Å². The number of hydrogen-bond acceptors (Lipinski definition) is 3. The van der Waals surface area contributed by atoms with Crippen LogP contribution in [0.15, 0.2) is 29.8 Å². The van der Waals surface area contributed by atoms with E-state index in [1.165, 1.54) is 24.8 Å². The molecular weight excluding hydrogens is 260 g/mol. The fourth-order valence-electron chi connectivity index (χ4n) is 2.63. The van der Waals surface area contributed by atoms with Crippen LogP contribution in [-0.4, -0.2) is 7.11 Å². The maximum Gasteiger partial charge on any atom is 0.124 e. The van der Waals surface area contributed by atoms with E-state index in [0.29, 0.717) is 5.02 Å². The molecule has 1 aliphatic carbocycles. The van der Waals surface area contributed by atoms with Crippen LogP contribution in [0.3, 0.4) is 0 Å². The summed E-state index contributed by atoms with van der Waals surface area (Å²) in [6, 6.07) is 5.63. The molecule has 1 atom stereocenters. The summed E-state index contributed by atoms with van der Waals surface area (Å²) in [5.74, 6) is 6.59. The Hall–Kier alpha value is -1.03. The van der Waals surface area contributed by atoms with Crippen LogP contribution in [0.1, 0.15) is 43.7 Å². The van der Waals surface area contributed by atoms with Gasteiger partial charge in [0.05, 0.1) is 13.2 Å². The highest BCUT2D eigenvalue weighted by Gasteiger charge is 2.20. The normalized spacial score (nSPS) is 17.5. The average Bonchev–Trinajstić information content (AvgIpc) is 2.69. The van der Waals surface area contributed by atoms with Crippen molar-refractivity contribution in [2.75, 3.05) is 7.11 Å². The third-order valence-corrected chi connectivity index (χ3v) is 3.85. The summed E-state index contributed by atoms with van der Waals surface area (Å²) in [7, 11) is 1.67. The first kappa shape index (κ1) is 14.4. The van der Waals surface area contributed by atoms with Gasteiger partial charge in [-0.2, -0.15) is 0 Å². The van der Waals surface area contributed by atoms with Gasteiger partial charge in [0.2, 0.25) is 0 Å². The number of halogens is 1. The molecule has 1 aromatic rings. The van der Waals surface area contributed by atoms with E-state index in [4.69, 9.17) is 22.2 Å². The third kappa shape index (κ3) is 3.50. The Morgan fingerprint density at radius 2 is 2.16 bits per heavy atom. The number of rotatable bonds is 4. The van der Waals surface area contributed by atoms with E-state index in [1.807, 2.05) is 18.2 Å². The monoisotopic (exact) mass is 280 g/mol. The number of benzene rings is 1. The van der Waals surface area contributed by atoms with Gasteiger partial charge >= 0.3 is 0 Å². The van der Waals surface area contributed by atoms with Crippen LogP contribution in [0, 0.1) is 0 Å². The molecule has 1 aliphatic rings. The van der Waals surface area contributed by atoms with E-state index in [2.05, 4.69) is 11.5 Å². The molecule has 0 saturated heterocycles. The van der Waals surface area contributed by atoms with Crippen molar-refractivity contribution in [2.24, 2.45) is 5.84 Å². The van der Waals surface area contributed by atoms with Crippen molar-refractivity contribution < 1.29 is 4.74 Å². The molecule has 0 radical (unpaired) electrons. The maximum absolute atomic E-state index is 6.10. The summed E-state index contributed by atoms with van der Waals surface area (Å²) >= 11 is 6.10. The maximum atomic E-state index is 6.10. The number of nitrogens with two attached hydrogens (primary N) is 1. The minimum atomic E-state index is -0.0215. The summed E-state index contributed by atoms with van der Waals surface area (Å²) in [6.45, 7) is 0. The first-order valence-corrected chi connectivity index (χ1v) is 7.12. The van der Waals surface area contributed by atoms with Crippen LogP contribution in [-0.2, 0) is 0 Å². The van der Waals surface area contributed by atoms with E-state index >= 15 is 0 Å². The van der Waals surface area contributed by atoms with Crippen LogP contribution < -0.4 is 16.0 Å². The zero-order valence-electron chi connectivity index (χ0n) is 11.3. The molecule has 0 saturated carbocycles. The van der Waals surface area contributed by atoms with Crippen LogP contribution in [0.5, 0.6) is 5.75 Å². The molecule has 2 rings (SSSR count). The van der Waals surface area contributed by atoms with E-state index in [-0.39, 0.29) is 6.04 Å². The molecule has 0 bridgehead atoms. The van der Waals surface area contributed by atoms with Gasteiger partial charge in [-0.25, -0.2) is 5.43 Å². The first-order chi connectivity index (χ1) is 9.26. The van der Waals surface area contributed by atoms with Gasteiger partial charge in [0, 0.05) is 10.6 Å². The van der Waals surface area contributed by atoms with E-state index in [1.54, 1.807) is 7.11 Å². The molecule has 3 nitrogen and oxygen atoms in total. The number of ether oxygens (including phenoxy) is 1. The molecule has 0 aliphatic heterocycles. The molecule has 1 unspecified atom stereocenters. The lowest BCUT2D eigenvalue weighted by molar-refractivity contribution is 0.403. The molecule has 0 heterocycles. The van der Waals surface area contributed by atoms with Gasteiger partial charge < -0.3 is 4.74 Å². The highest BCUT2D eigenvalue weighted by molar-refractivity contribution is 6.30. The van der Waals surface area contributed by atoms with Gasteiger partial charge in [0.1, 0.15) is 5.75 Å². The van der Waals surface area contributed by atoms with Crippen molar-refractivity contribution in [1.82, 2.24) is 5.43 Å². The van der Waals surface area contributed by atoms with Crippen LogP contribution in [0.2, 0.25) is 5.02 Å².